The fourth-order valence-electron chi connectivity index (χ4n) is 1.32. The van der Waals surface area contributed by atoms with Gasteiger partial charge in [-0.25, -0.2) is 9.97 Å². The van der Waals surface area contributed by atoms with Gasteiger partial charge < -0.3 is 10.1 Å². The van der Waals surface area contributed by atoms with Gasteiger partial charge in [-0.05, 0) is 19.8 Å². The number of hydrogen-bond acceptors (Lipinski definition) is 4. The molecule has 82 valence electrons. The Kier molecular flexibility index (Phi) is 3.28. The fourth-order valence-corrected chi connectivity index (χ4v) is 1.32. The van der Waals surface area contributed by atoms with Crippen LogP contribution in [0.1, 0.15) is 37.3 Å². The lowest BCUT2D eigenvalue weighted by Gasteiger charge is -2.08. The molecule has 0 aliphatic heterocycles. The zero-order valence-corrected chi connectivity index (χ0v) is 9.23. The molecule has 1 aliphatic rings. The van der Waals surface area contributed by atoms with Gasteiger partial charge in [-0.2, -0.15) is 0 Å². The molecule has 0 amide bonds. The molecule has 1 unspecified atom stereocenters. The molecule has 4 nitrogen and oxygen atoms in total. The van der Waals surface area contributed by atoms with Crippen molar-refractivity contribution in [2.45, 2.75) is 38.5 Å². The predicted molar refractivity (Wildman–Crippen MR) is 57.3 cm³/mol. The van der Waals surface area contributed by atoms with Gasteiger partial charge in [-0.15, -0.1) is 0 Å². The van der Waals surface area contributed by atoms with E-state index < -0.39 is 0 Å². The summed E-state index contributed by atoms with van der Waals surface area (Å²) < 4.78 is 5.14. The predicted octanol–water partition coefficient (Wildman–Crippen LogP) is 1.44. The number of rotatable bonds is 5. The zero-order chi connectivity index (χ0) is 10.7. The van der Waals surface area contributed by atoms with Gasteiger partial charge in [0.05, 0.1) is 0 Å². The second-order valence-corrected chi connectivity index (χ2v) is 3.98. The molecule has 4 heteroatoms. The van der Waals surface area contributed by atoms with Crippen LogP contribution in [-0.2, 0) is 11.3 Å². The molecule has 0 bridgehead atoms. The number of aromatic nitrogens is 2. The summed E-state index contributed by atoms with van der Waals surface area (Å²) in [6.45, 7) is 2.81. The van der Waals surface area contributed by atoms with E-state index >= 15 is 0 Å². The number of hydrogen-bond donors (Lipinski definition) is 1. The van der Waals surface area contributed by atoms with Gasteiger partial charge in [0.1, 0.15) is 6.10 Å². The minimum Gasteiger partial charge on any atom is -0.374 e. The third-order valence-electron chi connectivity index (χ3n) is 2.61. The SMILES string of the molecule is COC(C)c1ncc(CNC2CC2)cn1. The van der Waals surface area contributed by atoms with Crippen molar-refractivity contribution in [3.05, 3.63) is 23.8 Å². The van der Waals surface area contributed by atoms with E-state index in [9.17, 15) is 0 Å². The average Bonchev–Trinajstić information content (AvgIpc) is 3.10. The maximum absolute atomic E-state index is 5.14. The van der Waals surface area contributed by atoms with E-state index in [0.29, 0.717) is 0 Å². The molecule has 1 aromatic heterocycles. The molecule has 2 rings (SSSR count). The normalized spacial score (nSPS) is 17.7. The first-order valence-corrected chi connectivity index (χ1v) is 5.36. The number of nitrogens with zero attached hydrogens (tertiary/aromatic N) is 2. The van der Waals surface area contributed by atoms with E-state index in [4.69, 9.17) is 4.74 Å². The Morgan fingerprint density at radius 2 is 2.13 bits per heavy atom. The van der Waals surface area contributed by atoms with Crippen molar-refractivity contribution in [3.63, 3.8) is 0 Å². The topological polar surface area (TPSA) is 47.0 Å². The van der Waals surface area contributed by atoms with Crippen LogP contribution in [0.25, 0.3) is 0 Å². The Labute approximate surface area is 90.1 Å². The highest BCUT2D eigenvalue weighted by atomic mass is 16.5. The Balaban J connectivity index is 1.90. The van der Waals surface area contributed by atoms with E-state index in [0.717, 1.165) is 24.0 Å². The Hall–Kier alpha value is -1.00. The van der Waals surface area contributed by atoms with Crippen LogP contribution in [0.3, 0.4) is 0 Å². The van der Waals surface area contributed by atoms with Crippen LogP contribution in [-0.4, -0.2) is 23.1 Å². The summed E-state index contributed by atoms with van der Waals surface area (Å²) in [5.74, 6) is 0.743. The van der Waals surface area contributed by atoms with Crippen molar-refractivity contribution in [1.82, 2.24) is 15.3 Å². The lowest BCUT2D eigenvalue weighted by molar-refractivity contribution is 0.112. The Morgan fingerprint density at radius 1 is 1.47 bits per heavy atom. The van der Waals surface area contributed by atoms with E-state index in [-0.39, 0.29) is 6.10 Å². The molecular weight excluding hydrogens is 190 g/mol. The first-order valence-electron chi connectivity index (χ1n) is 5.36. The highest BCUT2D eigenvalue weighted by Gasteiger charge is 2.20. The highest BCUT2D eigenvalue weighted by molar-refractivity contribution is 5.06. The molecular formula is C11H17N3O. The number of ether oxygens (including phenoxy) is 1. The Bertz CT molecular complexity index is 308. The molecule has 1 aliphatic carbocycles. The van der Waals surface area contributed by atoms with Crippen molar-refractivity contribution < 1.29 is 4.74 Å². The van der Waals surface area contributed by atoms with Crippen LogP contribution in [0.5, 0.6) is 0 Å². The molecule has 0 saturated heterocycles. The molecule has 1 heterocycles. The molecule has 0 radical (unpaired) electrons. The van der Waals surface area contributed by atoms with Gasteiger partial charge in [0, 0.05) is 37.7 Å². The van der Waals surface area contributed by atoms with Crippen LogP contribution in [0.15, 0.2) is 12.4 Å². The fraction of sp³-hybridized carbons (Fsp3) is 0.636. The van der Waals surface area contributed by atoms with Gasteiger partial charge in [-0.1, -0.05) is 0 Å². The van der Waals surface area contributed by atoms with Gasteiger partial charge in [0.2, 0.25) is 0 Å². The van der Waals surface area contributed by atoms with Crippen molar-refractivity contribution in [2.75, 3.05) is 7.11 Å². The quantitative estimate of drug-likeness (QED) is 0.793. The summed E-state index contributed by atoms with van der Waals surface area (Å²) in [5.41, 5.74) is 1.13. The largest absolute Gasteiger partial charge is 0.374 e. The van der Waals surface area contributed by atoms with Crippen molar-refractivity contribution in [3.8, 4) is 0 Å². The van der Waals surface area contributed by atoms with Crippen LogP contribution < -0.4 is 5.32 Å². The second kappa shape index (κ2) is 4.68. The first-order chi connectivity index (χ1) is 7.29. The average molecular weight is 207 g/mol. The third-order valence-corrected chi connectivity index (χ3v) is 2.61. The number of methoxy groups -OCH3 is 1. The first kappa shape index (κ1) is 10.5. The van der Waals surface area contributed by atoms with E-state index in [1.165, 1.54) is 12.8 Å². The monoisotopic (exact) mass is 207 g/mol. The minimum atomic E-state index is -0.0320. The molecule has 0 spiro atoms. The maximum Gasteiger partial charge on any atom is 0.156 e. The second-order valence-electron chi connectivity index (χ2n) is 3.98. The summed E-state index contributed by atoms with van der Waals surface area (Å²) in [5, 5.41) is 3.42. The molecule has 1 atom stereocenters. The zero-order valence-electron chi connectivity index (χ0n) is 9.23. The molecule has 0 aromatic carbocycles. The van der Waals surface area contributed by atoms with Gasteiger partial charge in [-0.3, -0.25) is 0 Å². The van der Waals surface area contributed by atoms with Crippen molar-refractivity contribution in [1.29, 1.82) is 0 Å². The molecule has 1 saturated carbocycles. The van der Waals surface area contributed by atoms with Gasteiger partial charge in [0.25, 0.3) is 0 Å². The lowest BCUT2D eigenvalue weighted by atomic mass is 10.3. The van der Waals surface area contributed by atoms with Crippen molar-refractivity contribution >= 4 is 0 Å². The third kappa shape index (κ3) is 2.97. The summed E-state index contributed by atoms with van der Waals surface area (Å²) in [4.78, 5) is 8.54. The molecule has 1 aromatic rings. The lowest BCUT2D eigenvalue weighted by Crippen LogP contribution is -2.16. The summed E-state index contributed by atoms with van der Waals surface area (Å²) in [6, 6.07) is 0.725. The number of nitrogens with one attached hydrogen (secondary N) is 1. The van der Waals surface area contributed by atoms with Crippen molar-refractivity contribution in [2.24, 2.45) is 0 Å². The molecule has 1 N–H and O–H groups in total. The summed E-state index contributed by atoms with van der Waals surface area (Å²) >= 11 is 0. The highest BCUT2D eigenvalue weighted by Crippen LogP contribution is 2.19. The van der Waals surface area contributed by atoms with Crippen LogP contribution in [0.2, 0.25) is 0 Å². The maximum atomic E-state index is 5.14. The molecule has 15 heavy (non-hydrogen) atoms. The standard InChI is InChI=1S/C11H17N3O/c1-8(15-2)11-13-6-9(7-14-11)5-12-10-3-4-10/h6-8,10,12H,3-5H2,1-2H3. The van der Waals surface area contributed by atoms with Crippen LogP contribution in [0, 0.1) is 0 Å². The smallest absolute Gasteiger partial charge is 0.156 e. The van der Waals surface area contributed by atoms with Crippen LogP contribution >= 0.6 is 0 Å². The minimum absolute atomic E-state index is 0.0320. The summed E-state index contributed by atoms with van der Waals surface area (Å²) in [7, 11) is 1.66. The van der Waals surface area contributed by atoms with E-state index in [1.807, 2.05) is 19.3 Å². The van der Waals surface area contributed by atoms with Crippen LogP contribution in [0.4, 0.5) is 0 Å². The molecule has 1 fully saturated rings. The van der Waals surface area contributed by atoms with E-state index in [1.54, 1.807) is 7.11 Å². The van der Waals surface area contributed by atoms with E-state index in [2.05, 4.69) is 15.3 Å². The van der Waals surface area contributed by atoms with Gasteiger partial charge >= 0.3 is 0 Å². The summed E-state index contributed by atoms with van der Waals surface area (Å²) in [6.07, 6.45) is 6.31. The van der Waals surface area contributed by atoms with Gasteiger partial charge in [0.15, 0.2) is 5.82 Å². The Morgan fingerprint density at radius 3 is 2.67 bits per heavy atom.